The number of nitrogens with zero attached hydrogens (tertiary/aromatic N) is 1. The standard InChI is InChI=1S/C21H27ClN2O3/c1-4-24(5-2)18(16-10-6-7-11-17(16)22)14-23-21(25)15-27-20-13-9-8-12-19(20)26-3/h6-13,18H,4-5,14-15H2,1-3H3,(H,23,25). The minimum Gasteiger partial charge on any atom is -0.493 e. The molecule has 0 aliphatic rings. The highest BCUT2D eigenvalue weighted by molar-refractivity contribution is 6.31. The molecule has 0 heterocycles. The summed E-state index contributed by atoms with van der Waals surface area (Å²) in [6, 6.07) is 15.0. The van der Waals surface area contributed by atoms with E-state index in [0.29, 0.717) is 23.1 Å². The predicted octanol–water partition coefficient (Wildman–Crippen LogP) is 3.93. The van der Waals surface area contributed by atoms with E-state index in [0.717, 1.165) is 18.7 Å². The lowest BCUT2D eigenvalue weighted by Crippen LogP contribution is -2.39. The maximum atomic E-state index is 12.3. The van der Waals surface area contributed by atoms with Gasteiger partial charge in [0.15, 0.2) is 18.1 Å². The molecule has 0 saturated carbocycles. The van der Waals surface area contributed by atoms with Crippen LogP contribution in [-0.4, -0.2) is 44.2 Å². The van der Waals surface area contributed by atoms with Crippen LogP contribution in [0.2, 0.25) is 5.02 Å². The summed E-state index contributed by atoms with van der Waals surface area (Å²) >= 11 is 6.39. The second kappa shape index (κ2) is 10.8. The Balaban J connectivity index is 1.99. The minimum absolute atomic E-state index is 0.00362. The molecule has 27 heavy (non-hydrogen) atoms. The number of amides is 1. The van der Waals surface area contributed by atoms with E-state index in [4.69, 9.17) is 21.1 Å². The minimum atomic E-state index is -0.190. The van der Waals surface area contributed by atoms with Crippen LogP contribution in [0.15, 0.2) is 48.5 Å². The fourth-order valence-corrected chi connectivity index (χ4v) is 3.25. The van der Waals surface area contributed by atoms with Crippen LogP contribution in [-0.2, 0) is 4.79 Å². The number of carbonyl (C=O) groups is 1. The molecule has 1 unspecified atom stereocenters. The van der Waals surface area contributed by atoms with Gasteiger partial charge in [0, 0.05) is 11.6 Å². The van der Waals surface area contributed by atoms with Crippen molar-refractivity contribution in [3.63, 3.8) is 0 Å². The Kier molecular flexibility index (Phi) is 8.43. The van der Waals surface area contributed by atoms with E-state index in [1.54, 1.807) is 19.2 Å². The molecule has 146 valence electrons. The first-order valence-electron chi connectivity index (χ1n) is 9.11. The van der Waals surface area contributed by atoms with Gasteiger partial charge in [-0.1, -0.05) is 55.8 Å². The van der Waals surface area contributed by atoms with Crippen molar-refractivity contribution in [2.45, 2.75) is 19.9 Å². The van der Waals surface area contributed by atoms with Crippen LogP contribution in [0.3, 0.4) is 0 Å². The zero-order chi connectivity index (χ0) is 19.6. The summed E-state index contributed by atoms with van der Waals surface area (Å²) in [7, 11) is 1.57. The van der Waals surface area contributed by atoms with Gasteiger partial charge in [0.25, 0.3) is 5.91 Å². The third-order valence-corrected chi connectivity index (χ3v) is 4.78. The largest absolute Gasteiger partial charge is 0.493 e. The molecular weight excluding hydrogens is 364 g/mol. The van der Waals surface area contributed by atoms with Crippen molar-refractivity contribution in [2.24, 2.45) is 0 Å². The predicted molar refractivity (Wildman–Crippen MR) is 109 cm³/mol. The number of benzene rings is 2. The first kappa shape index (κ1) is 21.1. The van der Waals surface area contributed by atoms with E-state index >= 15 is 0 Å². The van der Waals surface area contributed by atoms with Crippen molar-refractivity contribution in [1.29, 1.82) is 0 Å². The first-order chi connectivity index (χ1) is 13.1. The maximum Gasteiger partial charge on any atom is 0.258 e. The summed E-state index contributed by atoms with van der Waals surface area (Å²) in [5.74, 6) is 0.953. The molecule has 5 nitrogen and oxygen atoms in total. The Morgan fingerprint density at radius 2 is 1.70 bits per heavy atom. The van der Waals surface area contributed by atoms with Crippen molar-refractivity contribution in [3.8, 4) is 11.5 Å². The van der Waals surface area contributed by atoms with E-state index in [1.165, 1.54) is 0 Å². The maximum absolute atomic E-state index is 12.3. The third-order valence-electron chi connectivity index (χ3n) is 4.44. The third kappa shape index (κ3) is 5.88. The number of rotatable bonds is 10. The molecule has 1 amide bonds. The molecule has 2 rings (SSSR count). The second-order valence-corrected chi connectivity index (χ2v) is 6.41. The summed E-state index contributed by atoms with van der Waals surface area (Å²) in [5, 5.41) is 3.66. The Labute approximate surface area is 166 Å². The number of halogens is 1. The number of nitrogens with one attached hydrogen (secondary N) is 1. The summed E-state index contributed by atoms with van der Waals surface area (Å²) < 4.78 is 10.8. The van der Waals surface area contributed by atoms with Crippen LogP contribution in [0, 0.1) is 0 Å². The molecule has 0 aliphatic heterocycles. The Morgan fingerprint density at radius 3 is 2.33 bits per heavy atom. The van der Waals surface area contributed by atoms with Crippen LogP contribution in [0.1, 0.15) is 25.5 Å². The van der Waals surface area contributed by atoms with Gasteiger partial charge in [-0.25, -0.2) is 0 Å². The van der Waals surface area contributed by atoms with Crippen molar-refractivity contribution in [2.75, 3.05) is 33.4 Å². The van der Waals surface area contributed by atoms with Gasteiger partial charge < -0.3 is 14.8 Å². The van der Waals surface area contributed by atoms with Crippen LogP contribution >= 0.6 is 11.6 Å². The number of hydrogen-bond donors (Lipinski definition) is 1. The Bertz CT molecular complexity index is 735. The van der Waals surface area contributed by atoms with Gasteiger partial charge in [0.2, 0.25) is 0 Å². The van der Waals surface area contributed by atoms with Crippen molar-refractivity contribution < 1.29 is 14.3 Å². The van der Waals surface area contributed by atoms with E-state index in [1.807, 2.05) is 36.4 Å². The number of carbonyl (C=O) groups excluding carboxylic acids is 1. The zero-order valence-electron chi connectivity index (χ0n) is 16.1. The number of para-hydroxylation sites is 2. The zero-order valence-corrected chi connectivity index (χ0v) is 16.8. The summed E-state index contributed by atoms with van der Waals surface area (Å²) in [6.07, 6.45) is 0. The van der Waals surface area contributed by atoms with Crippen LogP contribution < -0.4 is 14.8 Å². The lowest BCUT2D eigenvalue weighted by molar-refractivity contribution is -0.123. The number of ether oxygens (including phenoxy) is 2. The number of hydrogen-bond acceptors (Lipinski definition) is 4. The van der Waals surface area contributed by atoms with E-state index in [-0.39, 0.29) is 18.6 Å². The molecule has 0 spiro atoms. The highest BCUT2D eigenvalue weighted by Crippen LogP contribution is 2.27. The van der Waals surface area contributed by atoms with E-state index in [9.17, 15) is 4.79 Å². The van der Waals surface area contributed by atoms with Crippen molar-refractivity contribution in [1.82, 2.24) is 10.2 Å². The molecule has 1 atom stereocenters. The fourth-order valence-electron chi connectivity index (χ4n) is 2.99. The van der Waals surface area contributed by atoms with Crippen LogP contribution in [0.25, 0.3) is 0 Å². The summed E-state index contributed by atoms with van der Waals surface area (Å²) in [6.45, 7) is 6.30. The molecule has 0 aromatic heterocycles. The van der Waals surface area contributed by atoms with Gasteiger partial charge in [-0.2, -0.15) is 0 Å². The summed E-state index contributed by atoms with van der Waals surface area (Å²) in [5.41, 5.74) is 1.01. The van der Waals surface area contributed by atoms with Gasteiger partial charge in [-0.15, -0.1) is 0 Å². The molecule has 1 N–H and O–H groups in total. The van der Waals surface area contributed by atoms with Crippen molar-refractivity contribution >= 4 is 17.5 Å². The monoisotopic (exact) mass is 390 g/mol. The lowest BCUT2D eigenvalue weighted by atomic mass is 10.0. The normalized spacial score (nSPS) is 11.9. The number of likely N-dealkylation sites (N-methyl/N-ethyl adjacent to an activating group) is 1. The molecule has 2 aromatic rings. The van der Waals surface area contributed by atoms with Gasteiger partial charge in [0.1, 0.15) is 0 Å². The fraction of sp³-hybridized carbons (Fsp3) is 0.381. The smallest absolute Gasteiger partial charge is 0.258 e. The lowest BCUT2D eigenvalue weighted by Gasteiger charge is -2.30. The van der Waals surface area contributed by atoms with Gasteiger partial charge in [-0.05, 0) is 36.9 Å². The highest BCUT2D eigenvalue weighted by atomic mass is 35.5. The van der Waals surface area contributed by atoms with Crippen molar-refractivity contribution in [3.05, 3.63) is 59.1 Å². The van der Waals surface area contributed by atoms with Crippen LogP contribution in [0.4, 0.5) is 0 Å². The Morgan fingerprint density at radius 1 is 1.07 bits per heavy atom. The highest BCUT2D eigenvalue weighted by Gasteiger charge is 2.21. The Hall–Kier alpha value is -2.24. The van der Waals surface area contributed by atoms with Gasteiger partial charge in [0.05, 0.1) is 13.2 Å². The molecule has 0 fully saturated rings. The molecule has 0 aliphatic carbocycles. The molecule has 0 radical (unpaired) electrons. The summed E-state index contributed by atoms with van der Waals surface area (Å²) in [4.78, 5) is 14.6. The second-order valence-electron chi connectivity index (χ2n) is 6.00. The topological polar surface area (TPSA) is 50.8 Å². The van der Waals surface area contributed by atoms with Gasteiger partial charge in [-0.3, -0.25) is 9.69 Å². The first-order valence-corrected chi connectivity index (χ1v) is 9.49. The SMILES string of the molecule is CCN(CC)C(CNC(=O)COc1ccccc1OC)c1ccccc1Cl. The number of methoxy groups -OCH3 is 1. The van der Waals surface area contributed by atoms with Gasteiger partial charge >= 0.3 is 0 Å². The average Bonchev–Trinajstić information content (AvgIpc) is 2.70. The molecule has 0 saturated heterocycles. The quantitative estimate of drug-likeness (QED) is 0.667. The molecule has 0 bridgehead atoms. The van der Waals surface area contributed by atoms with E-state index < -0.39 is 0 Å². The van der Waals surface area contributed by atoms with Crippen LogP contribution in [0.5, 0.6) is 11.5 Å². The van der Waals surface area contributed by atoms with E-state index in [2.05, 4.69) is 24.1 Å². The molecule has 2 aromatic carbocycles. The molecular formula is C21H27ClN2O3. The molecule has 6 heteroatoms. The average molecular weight is 391 g/mol.